The van der Waals surface area contributed by atoms with E-state index in [1.165, 1.54) is 0 Å². The van der Waals surface area contributed by atoms with Crippen LogP contribution in [0.4, 0.5) is 0 Å². The van der Waals surface area contributed by atoms with Crippen molar-refractivity contribution in [2.45, 2.75) is 56.6 Å². The van der Waals surface area contributed by atoms with Gasteiger partial charge < -0.3 is 43.4 Å². The summed E-state index contributed by atoms with van der Waals surface area (Å²) < 4.78 is 38.6. The highest BCUT2D eigenvalue weighted by atomic mass is 16.6. The Balaban J connectivity index is 1.54. The van der Waals surface area contributed by atoms with Crippen LogP contribution in [0.3, 0.4) is 0 Å². The van der Waals surface area contributed by atoms with E-state index in [2.05, 4.69) is 0 Å². The van der Waals surface area contributed by atoms with E-state index in [-0.39, 0.29) is 31.5 Å². The van der Waals surface area contributed by atoms with Gasteiger partial charge in [-0.3, -0.25) is 0 Å². The number of aliphatic hydroxyl groups is 2. The van der Waals surface area contributed by atoms with E-state index in [1.54, 1.807) is 0 Å². The van der Waals surface area contributed by atoms with Gasteiger partial charge in [-0.25, -0.2) is 0 Å². The van der Waals surface area contributed by atoms with Gasteiger partial charge in [0, 0.05) is 6.61 Å². The SMILES string of the molecule is CC(C)COCC(O)C(O)C(OCC1CO1)C(COCC1CO1)OCC1CO1. The van der Waals surface area contributed by atoms with Gasteiger partial charge in [-0.1, -0.05) is 13.8 Å². The maximum atomic E-state index is 10.8. The molecule has 0 aromatic carbocycles. The lowest BCUT2D eigenvalue weighted by Gasteiger charge is -2.33. The molecular weight excluding hydrogens is 372 g/mol. The largest absolute Gasteiger partial charge is 0.388 e. The number of hydrogen-bond acceptors (Lipinski definition) is 9. The van der Waals surface area contributed by atoms with Crippen LogP contribution in [-0.2, 0) is 33.2 Å². The Hall–Kier alpha value is -0.360. The third-order valence-corrected chi connectivity index (χ3v) is 4.60. The molecule has 3 heterocycles. The van der Waals surface area contributed by atoms with Crippen LogP contribution in [0.5, 0.6) is 0 Å². The van der Waals surface area contributed by atoms with Crippen LogP contribution in [0.25, 0.3) is 0 Å². The number of hydrogen-bond donors (Lipinski definition) is 2. The van der Waals surface area contributed by atoms with Crippen molar-refractivity contribution >= 4 is 0 Å². The molecule has 0 aromatic heterocycles. The summed E-state index contributed by atoms with van der Waals surface area (Å²) >= 11 is 0. The Morgan fingerprint density at radius 3 is 1.93 bits per heavy atom. The van der Waals surface area contributed by atoms with Crippen molar-refractivity contribution in [2.24, 2.45) is 5.92 Å². The molecule has 9 heteroatoms. The Labute approximate surface area is 166 Å². The quantitative estimate of drug-likeness (QED) is 0.305. The van der Waals surface area contributed by atoms with Crippen molar-refractivity contribution in [3.63, 3.8) is 0 Å². The summed E-state index contributed by atoms with van der Waals surface area (Å²) in [6.07, 6.45) is -3.39. The van der Waals surface area contributed by atoms with E-state index in [0.29, 0.717) is 52.2 Å². The summed E-state index contributed by atoms with van der Waals surface area (Å²) in [5.74, 6) is 0.344. The molecule has 0 saturated carbocycles. The molecule has 0 aromatic rings. The van der Waals surface area contributed by atoms with Gasteiger partial charge in [0.1, 0.15) is 42.7 Å². The normalized spacial score (nSPS) is 30.1. The van der Waals surface area contributed by atoms with Crippen molar-refractivity contribution in [1.29, 1.82) is 0 Å². The van der Waals surface area contributed by atoms with Crippen LogP contribution in [0.1, 0.15) is 13.8 Å². The molecule has 164 valence electrons. The maximum Gasteiger partial charge on any atom is 0.114 e. The number of epoxide rings is 3. The zero-order chi connectivity index (χ0) is 19.9. The highest BCUT2D eigenvalue weighted by Crippen LogP contribution is 2.20. The summed E-state index contributed by atoms with van der Waals surface area (Å²) in [4.78, 5) is 0. The second-order valence-electron chi connectivity index (χ2n) is 8.06. The van der Waals surface area contributed by atoms with Crippen LogP contribution in [0.15, 0.2) is 0 Å². The second kappa shape index (κ2) is 11.1. The lowest BCUT2D eigenvalue weighted by atomic mass is 10.0. The zero-order valence-electron chi connectivity index (χ0n) is 16.7. The Bertz CT molecular complexity index is 437. The molecule has 3 aliphatic heterocycles. The monoisotopic (exact) mass is 406 g/mol. The summed E-state index contributed by atoms with van der Waals surface area (Å²) in [7, 11) is 0. The average molecular weight is 406 g/mol. The average Bonchev–Trinajstić information content (AvgIpc) is 3.51. The van der Waals surface area contributed by atoms with Gasteiger partial charge in [0.05, 0.1) is 52.9 Å². The predicted molar refractivity (Wildman–Crippen MR) is 97.2 cm³/mol. The molecule has 9 nitrogen and oxygen atoms in total. The van der Waals surface area contributed by atoms with E-state index in [0.717, 1.165) is 0 Å². The Morgan fingerprint density at radius 2 is 1.36 bits per heavy atom. The van der Waals surface area contributed by atoms with Crippen LogP contribution < -0.4 is 0 Å². The van der Waals surface area contributed by atoms with Gasteiger partial charge in [0.2, 0.25) is 0 Å². The fraction of sp³-hybridized carbons (Fsp3) is 1.00. The molecule has 28 heavy (non-hydrogen) atoms. The summed E-state index contributed by atoms with van der Waals surface area (Å²) in [6, 6.07) is 0. The molecule has 3 fully saturated rings. The minimum Gasteiger partial charge on any atom is -0.388 e. The van der Waals surface area contributed by atoms with E-state index in [9.17, 15) is 10.2 Å². The summed E-state index contributed by atoms with van der Waals surface area (Å²) in [5, 5.41) is 21.2. The Morgan fingerprint density at radius 1 is 0.786 bits per heavy atom. The molecule has 7 atom stereocenters. The standard InChI is InChI=1S/C19H34O9/c1-12(2)3-22-10-16(20)18(21)19(28-9-15-7-26-15)17(27-8-14-6-25-14)11-23-4-13-5-24-13/h12-21H,3-11H2,1-2H3. The molecule has 0 spiro atoms. The molecule has 3 aliphatic rings. The first-order valence-electron chi connectivity index (χ1n) is 10.1. The first-order valence-corrected chi connectivity index (χ1v) is 10.1. The lowest BCUT2D eigenvalue weighted by Crippen LogP contribution is -2.51. The van der Waals surface area contributed by atoms with Gasteiger partial charge in [-0.15, -0.1) is 0 Å². The molecular formula is C19H34O9. The maximum absolute atomic E-state index is 10.8. The van der Waals surface area contributed by atoms with Crippen LogP contribution in [0.2, 0.25) is 0 Å². The molecule has 3 rings (SSSR count). The van der Waals surface area contributed by atoms with Crippen LogP contribution >= 0.6 is 0 Å². The van der Waals surface area contributed by atoms with Crippen molar-refractivity contribution in [1.82, 2.24) is 0 Å². The minimum atomic E-state index is -1.18. The fourth-order valence-electron chi connectivity index (χ4n) is 2.66. The molecule has 0 radical (unpaired) electrons. The van der Waals surface area contributed by atoms with Crippen molar-refractivity contribution in [3.8, 4) is 0 Å². The number of ether oxygens (including phenoxy) is 7. The summed E-state index contributed by atoms with van der Waals surface area (Å²) in [6.45, 7) is 7.99. The lowest BCUT2D eigenvalue weighted by molar-refractivity contribution is -0.173. The molecule has 3 saturated heterocycles. The molecule has 0 amide bonds. The van der Waals surface area contributed by atoms with E-state index in [4.69, 9.17) is 33.2 Å². The summed E-state index contributed by atoms with van der Waals surface area (Å²) in [5.41, 5.74) is 0. The Kier molecular flexibility index (Phi) is 8.89. The highest BCUT2D eigenvalue weighted by Gasteiger charge is 2.38. The first kappa shape index (κ1) is 22.3. The van der Waals surface area contributed by atoms with Crippen molar-refractivity contribution < 1.29 is 43.4 Å². The molecule has 0 aliphatic carbocycles. The molecule has 7 unspecified atom stereocenters. The fourth-order valence-corrected chi connectivity index (χ4v) is 2.66. The molecule has 0 bridgehead atoms. The van der Waals surface area contributed by atoms with Crippen molar-refractivity contribution in [2.75, 3.05) is 59.5 Å². The van der Waals surface area contributed by atoms with Crippen LogP contribution in [-0.4, -0.2) is 112 Å². The predicted octanol–water partition coefficient (Wildman–Crippen LogP) is -0.636. The number of rotatable bonds is 17. The van der Waals surface area contributed by atoms with Crippen molar-refractivity contribution in [3.05, 3.63) is 0 Å². The topological polar surface area (TPSA) is 115 Å². The highest BCUT2D eigenvalue weighted by molar-refractivity contribution is 4.86. The van der Waals surface area contributed by atoms with Gasteiger partial charge in [0.15, 0.2) is 0 Å². The number of aliphatic hydroxyl groups excluding tert-OH is 2. The van der Waals surface area contributed by atoms with E-state index in [1.807, 2.05) is 13.8 Å². The third kappa shape index (κ3) is 8.56. The van der Waals surface area contributed by atoms with E-state index >= 15 is 0 Å². The van der Waals surface area contributed by atoms with Gasteiger partial charge in [-0.2, -0.15) is 0 Å². The smallest absolute Gasteiger partial charge is 0.114 e. The minimum absolute atomic E-state index is 0.0222. The first-order chi connectivity index (χ1) is 13.5. The molecule has 2 N–H and O–H groups in total. The van der Waals surface area contributed by atoms with Crippen LogP contribution in [0, 0.1) is 5.92 Å². The second-order valence-corrected chi connectivity index (χ2v) is 8.06. The van der Waals surface area contributed by atoms with Gasteiger partial charge >= 0.3 is 0 Å². The third-order valence-electron chi connectivity index (χ3n) is 4.60. The van der Waals surface area contributed by atoms with E-state index < -0.39 is 24.4 Å². The van der Waals surface area contributed by atoms with Gasteiger partial charge in [-0.05, 0) is 5.92 Å². The zero-order valence-corrected chi connectivity index (χ0v) is 16.7. The van der Waals surface area contributed by atoms with Gasteiger partial charge in [0.25, 0.3) is 0 Å².